The monoisotopic (exact) mass is 420 g/mol. The van der Waals surface area contributed by atoms with Crippen LogP contribution in [-0.4, -0.2) is 60.2 Å². The minimum absolute atomic E-state index is 0.128. The van der Waals surface area contributed by atoms with Crippen LogP contribution in [0.2, 0.25) is 0 Å². The van der Waals surface area contributed by atoms with Crippen LogP contribution in [0.4, 0.5) is 11.5 Å². The number of carbonyl (C=O) groups is 2. The summed E-state index contributed by atoms with van der Waals surface area (Å²) in [7, 11) is -2.95. The van der Waals surface area contributed by atoms with Gasteiger partial charge in [-0.1, -0.05) is 0 Å². The van der Waals surface area contributed by atoms with E-state index in [1.54, 1.807) is 24.3 Å². The number of nitrogens with one attached hydrogen (secondary N) is 2. The van der Waals surface area contributed by atoms with Crippen molar-refractivity contribution in [3.05, 3.63) is 40.8 Å². The SMILES string of the molecule is O=C(Nc1n[nH]c2sc(C(=O)O)cc12)c1ccc(N2CCS(=O)(=O)CC2)cc1. The predicted octanol–water partition coefficient (Wildman–Crippen LogP) is 1.81. The van der Waals surface area contributed by atoms with Crippen LogP contribution in [0.1, 0.15) is 20.0 Å². The maximum absolute atomic E-state index is 12.5. The van der Waals surface area contributed by atoms with Crippen LogP contribution < -0.4 is 10.2 Å². The van der Waals surface area contributed by atoms with Crippen molar-refractivity contribution in [2.75, 3.05) is 34.8 Å². The number of aromatic carboxylic acids is 1. The van der Waals surface area contributed by atoms with Crippen LogP contribution in [0.5, 0.6) is 0 Å². The number of hydrogen-bond acceptors (Lipinski definition) is 7. The fourth-order valence-corrected chi connectivity index (χ4v) is 5.03. The van der Waals surface area contributed by atoms with Crippen LogP contribution in [0.15, 0.2) is 30.3 Å². The van der Waals surface area contributed by atoms with Gasteiger partial charge < -0.3 is 15.3 Å². The number of carbonyl (C=O) groups excluding carboxylic acids is 1. The Hall–Kier alpha value is -2.92. The molecule has 28 heavy (non-hydrogen) atoms. The molecular formula is C17H16N4O5S2. The summed E-state index contributed by atoms with van der Waals surface area (Å²) in [6.45, 7) is 0.867. The van der Waals surface area contributed by atoms with Gasteiger partial charge in [0.25, 0.3) is 5.91 Å². The topological polar surface area (TPSA) is 132 Å². The van der Waals surface area contributed by atoms with Gasteiger partial charge in [-0.15, -0.1) is 11.3 Å². The number of aromatic nitrogens is 2. The maximum atomic E-state index is 12.5. The Kier molecular flexibility index (Phi) is 4.55. The van der Waals surface area contributed by atoms with E-state index in [9.17, 15) is 18.0 Å². The summed E-state index contributed by atoms with van der Waals surface area (Å²) >= 11 is 1.05. The molecule has 0 spiro atoms. The predicted molar refractivity (Wildman–Crippen MR) is 106 cm³/mol. The second-order valence-corrected chi connectivity index (χ2v) is 9.73. The molecule has 1 aliphatic heterocycles. The van der Waals surface area contributed by atoms with E-state index in [2.05, 4.69) is 15.5 Å². The van der Waals surface area contributed by atoms with E-state index in [1.807, 2.05) is 4.90 Å². The second kappa shape index (κ2) is 6.91. The van der Waals surface area contributed by atoms with E-state index in [1.165, 1.54) is 6.07 Å². The van der Waals surface area contributed by atoms with Gasteiger partial charge >= 0.3 is 5.97 Å². The molecule has 1 aromatic carbocycles. The normalized spacial score (nSPS) is 16.2. The molecule has 1 aliphatic rings. The molecule has 0 unspecified atom stereocenters. The third-order valence-electron chi connectivity index (χ3n) is 4.54. The number of nitrogens with zero attached hydrogens (tertiary/aromatic N) is 2. The minimum Gasteiger partial charge on any atom is -0.477 e. The van der Waals surface area contributed by atoms with Gasteiger partial charge in [-0.3, -0.25) is 9.89 Å². The molecule has 4 rings (SSSR count). The lowest BCUT2D eigenvalue weighted by Gasteiger charge is -2.28. The van der Waals surface area contributed by atoms with Gasteiger partial charge in [-0.2, -0.15) is 5.10 Å². The number of benzene rings is 1. The number of carboxylic acid groups (broad SMARTS) is 1. The van der Waals surface area contributed by atoms with Gasteiger partial charge in [0.2, 0.25) is 0 Å². The van der Waals surface area contributed by atoms with Crippen molar-refractivity contribution in [3.63, 3.8) is 0 Å². The molecule has 0 saturated carbocycles. The number of amides is 1. The molecule has 0 radical (unpaired) electrons. The minimum atomic E-state index is -2.95. The Balaban J connectivity index is 1.47. The average Bonchev–Trinajstić information content (AvgIpc) is 3.24. The van der Waals surface area contributed by atoms with Crippen molar-refractivity contribution in [2.24, 2.45) is 0 Å². The lowest BCUT2D eigenvalue weighted by Crippen LogP contribution is -2.40. The number of sulfone groups is 1. The Labute approximate surface area is 163 Å². The van der Waals surface area contributed by atoms with E-state index < -0.39 is 15.8 Å². The molecule has 0 aliphatic carbocycles. The first-order valence-corrected chi connectivity index (χ1v) is 11.0. The fraction of sp³-hybridized carbons (Fsp3) is 0.235. The maximum Gasteiger partial charge on any atom is 0.345 e. The first-order valence-electron chi connectivity index (χ1n) is 8.40. The van der Waals surface area contributed by atoms with Crippen LogP contribution in [0.3, 0.4) is 0 Å². The van der Waals surface area contributed by atoms with E-state index in [0.29, 0.717) is 28.9 Å². The summed E-state index contributed by atoms with van der Waals surface area (Å²) in [5.41, 5.74) is 1.27. The third-order valence-corrected chi connectivity index (χ3v) is 7.18. The molecular weight excluding hydrogens is 404 g/mol. The molecule has 3 N–H and O–H groups in total. The number of thiophene rings is 1. The van der Waals surface area contributed by atoms with Gasteiger partial charge in [0.05, 0.1) is 16.9 Å². The molecule has 3 heterocycles. The number of rotatable bonds is 4. The van der Waals surface area contributed by atoms with Crippen molar-refractivity contribution in [1.82, 2.24) is 10.2 Å². The standard InChI is InChI=1S/C17H16N4O5S2/c22-15(18-14-12-9-13(17(23)24)27-16(12)20-19-14)10-1-3-11(4-2-10)21-5-7-28(25,26)8-6-21/h1-4,9H,5-8H2,(H,23,24)(H2,18,19,20,22). The van der Waals surface area contributed by atoms with Gasteiger partial charge in [0.15, 0.2) is 15.7 Å². The summed E-state index contributed by atoms with van der Waals surface area (Å²) < 4.78 is 23.1. The summed E-state index contributed by atoms with van der Waals surface area (Å²) in [6, 6.07) is 8.34. The van der Waals surface area contributed by atoms with Crippen molar-refractivity contribution < 1.29 is 23.1 Å². The highest BCUT2D eigenvalue weighted by molar-refractivity contribution is 7.91. The first kappa shape index (κ1) is 18.4. The van der Waals surface area contributed by atoms with Gasteiger partial charge in [0.1, 0.15) is 9.71 Å². The number of aromatic amines is 1. The molecule has 1 fully saturated rings. The molecule has 0 bridgehead atoms. The fourth-order valence-electron chi connectivity index (χ4n) is 2.99. The molecule has 11 heteroatoms. The zero-order chi connectivity index (χ0) is 19.9. The summed E-state index contributed by atoms with van der Waals surface area (Å²) in [6.07, 6.45) is 0. The number of carboxylic acids is 1. The highest BCUT2D eigenvalue weighted by Crippen LogP contribution is 2.29. The molecule has 9 nitrogen and oxygen atoms in total. The molecule has 1 amide bonds. The second-order valence-electron chi connectivity index (χ2n) is 6.37. The Morgan fingerprint density at radius 1 is 1.18 bits per heavy atom. The zero-order valence-corrected chi connectivity index (χ0v) is 16.1. The number of anilines is 2. The molecule has 1 saturated heterocycles. The number of H-pyrrole nitrogens is 1. The van der Waals surface area contributed by atoms with Gasteiger partial charge in [-0.25, -0.2) is 13.2 Å². The Bertz CT molecular complexity index is 1150. The highest BCUT2D eigenvalue weighted by Gasteiger charge is 2.22. The van der Waals surface area contributed by atoms with Crippen LogP contribution in [0.25, 0.3) is 10.2 Å². The third kappa shape index (κ3) is 3.58. The lowest BCUT2D eigenvalue weighted by molar-refractivity contribution is 0.0702. The van der Waals surface area contributed by atoms with E-state index in [0.717, 1.165) is 17.0 Å². The summed E-state index contributed by atoms with van der Waals surface area (Å²) in [4.78, 5) is 26.3. The molecule has 2 aromatic heterocycles. The van der Waals surface area contributed by atoms with Crippen molar-refractivity contribution in [1.29, 1.82) is 0 Å². The molecule has 0 atom stereocenters. The lowest BCUT2D eigenvalue weighted by atomic mass is 10.1. The summed E-state index contributed by atoms with van der Waals surface area (Å²) in [5, 5.41) is 19.0. The Morgan fingerprint density at radius 3 is 2.50 bits per heavy atom. The molecule has 3 aromatic rings. The van der Waals surface area contributed by atoms with Crippen LogP contribution in [-0.2, 0) is 9.84 Å². The van der Waals surface area contributed by atoms with Crippen LogP contribution in [0, 0.1) is 0 Å². The van der Waals surface area contributed by atoms with Crippen molar-refractivity contribution >= 4 is 54.8 Å². The largest absolute Gasteiger partial charge is 0.477 e. The Morgan fingerprint density at radius 2 is 1.86 bits per heavy atom. The van der Waals surface area contributed by atoms with E-state index in [4.69, 9.17) is 5.11 Å². The van der Waals surface area contributed by atoms with E-state index >= 15 is 0 Å². The van der Waals surface area contributed by atoms with Crippen molar-refractivity contribution in [2.45, 2.75) is 0 Å². The van der Waals surface area contributed by atoms with E-state index in [-0.39, 0.29) is 28.1 Å². The number of fused-ring (bicyclic) bond motifs is 1. The quantitative estimate of drug-likeness (QED) is 0.586. The highest BCUT2D eigenvalue weighted by atomic mass is 32.2. The summed E-state index contributed by atoms with van der Waals surface area (Å²) in [5.74, 6) is -0.876. The van der Waals surface area contributed by atoms with Gasteiger partial charge in [0, 0.05) is 24.3 Å². The van der Waals surface area contributed by atoms with Crippen LogP contribution >= 0.6 is 11.3 Å². The average molecular weight is 420 g/mol. The molecule has 146 valence electrons. The smallest absolute Gasteiger partial charge is 0.345 e. The first-order chi connectivity index (χ1) is 13.3. The number of hydrogen-bond donors (Lipinski definition) is 3. The van der Waals surface area contributed by atoms with Crippen molar-refractivity contribution in [3.8, 4) is 0 Å². The van der Waals surface area contributed by atoms with Gasteiger partial charge in [-0.05, 0) is 30.3 Å². The zero-order valence-electron chi connectivity index (χ0n) is 14.5.